The fraction of sp³-hybridized carbons (Fsp3) is 0.583. The van der Waals surface area contributed by atoms with Crippen LogP contribution in [0.3, 0.4) is 0 Å². The van der Waals surface area contributed by atoms with E-state index in [4.69, 9.17) is 5.26 Å². The minimum absolute atomic E-state index is 0.0749. The molecule has 0 aliphatic carbocycles. The average Bonchev–Trinajstić information content (AvgIpc) is 2.34. The minimum atomic E-state index is -0.0749. The summed E-state index contributed by atoms with van der Waals surface area (Å²) in [5.41, 5.74) is -0.0749. The van der Waals surface area contributed by atoms with Gasteiger partial charge in [0.1, 0.15) is 0 Å². The molecule has 1 heterocycles. The number of anilines is 1. The molecule has 1 aromatic rings. The highest BCUT2D eigenvalue weighted by molar-refractivity contribution is 5.35. The van der Waals surface area contributed by atoms with Gasteiger partial charge in [-0.05, 0) is 13.3 Å². The van der Waals surface area contributed by atoms with E-state index in [1.165, 1.54) is 0 Å². The summed E-state index contributed by atoms with van der Waals surface area (Å²) in [6.45, 7) is 5.91. The Morgan fingerprint density at radius 1 is 1.53 bits per heavy atom. The second-order valence-corrected chi connectivity index (χ2v) is 3.74. The van der Waals surface area contributed by atoms with Gasteiger partial charge in [-0.15, -0.1) is 0 Å². The maximum Gasteiger partial charge on any atom is 0.293 e. The van der Waals surface area contributed by atoms with E-state index in [0.717, 1.165) is 6.42 Å². The Hall–Kier alpha value is -1.83. The minimum Gasteiger partial charge on any atom is -0.351 e. The lowest BCUT2D eigenvalue weighted by molar-refractivity contribution is 0.641. The van der Waals surface area contributed by atoms with Crippen molar-refractivity contribution in [1.29, 1.82) is 5.26 Å². The van der Waals surface area contributed by atoms with Gasteiger partial charge in [0.05, 0.1) is 12.5 Å². The highest BCUT2D eigenvalue weighted by Crippen LogP contribution is 2.04. The van der Waals surface area contributed by atoms with Gasteiger partial charge in [0, 0.05) is 32.0 Å². The first kappa shape index (κ1) is 13.2. The highest BCUT2D eigenvalue weighted by Gasteiger charge is 2.11. The van der Waals surface area contributed by atoms with Gasteiger partial charge < -0.3 is 9.47 Å². The zero-order chi connectivity index (χ0) is 12.7. The Bertz CT molecular complexity index is 447. The second kappa shape index (κ2) is 6.69. The zero-order valence-electron chi connectivity index (χ0n) is 10.4. The summed E-state index contributed by atoms with van der Waals surface area (Å²) in [5, 5.41) is 8.59. The Kier molecular flexibility index (Phi) is 5.21. The molecule has 0 unspecified atom stereocenters. The molecule has 0 radical (unpaired) electrons. The average molecular weight is 234 g/mol. The molecule has 0 bridgehead atoms. The van der Waals surface area contributed by atoms with Crippen LogP contribution in [0.4, 0.5) is 5.82 Å². The molecule has 92 valence electrons. The third kappa shape index (κ3) is 3.31. The summed E-state index contributed by atoms with van der Waals surface area (Å²) in [7, 11) is 0. The molecule has 0 aliphatic heterocycles. The molecule has 0 aliphatic rings. The molecule has 0 aromatic carbocycles. The highest BCUT2D eigenvalue weighted by atomic mass is 16.1. The summed E-state index contributed by atoms with van der Waals surface area (Å²) in [6, 6.07) is 2.08. The fourth-order valence-corrected chi connectivity index (χ4v) is 1.67. The van der Waals surface area contributed by atoms with Crippen molar-refractivity contribution in [2.24, 2.45) is 0 Å². The quantitative estimate of drug-likeness (QED) is 0.746. The Balaban J connectivity index is 2.99. The van der Waals surface area contributed by atoms with Crippen LogP contribution in [-0.4, -0.2) is 22.6 Å². The predicted octanol–water partition coefficient (Wildman–Crippen LogP) is 1.39. The number of aromatic nitrogens is 2. The Labute approximate surface area is 101 Å². The van der Waals surface area contributed by atoms with Crippen LogP contribution in [-0.2, 0) is 6.54 Å². The van der Waals surface area contributed by atoms with Crippen molar-refractivity contribution in [3.63, 3.8) is 0 Å². The molecule has 5 nitrogen and oxygen atoms in total. The van der Waals surface area contributed by atoms with Crippen molar-refractivity contribution >= 4 is 5.82 Å². The molecule has 0 fully saturated rings. The van der Waals surface area contributed by atoms with Crippen LogP contribution in [0.25, 0.3) is 0 Å². The van der Waals surface area contributed by atoms with Crippen molar-refractivity contribution in [1.82, 2.24) is 9.55 Å². The maximum atomic E-state index is 12.1. The first-order valence-corrected chi connectivity index (χ1v) is 5.91. The predicted molar refractivity (Wildman–Crippen MR) is 66.9 cm³/mol. The van der Waals surface area contributed by atoms with Crippen LogP contribution < -0.4 is 10.5 Å². The molecule has 1 aromatic heterocycles. The lowest BCUT2D eigenvalue weighted by Gasteiger charge is -2.20. The van der Waals surface area contributed by atoms with Crippen LogP contribution in [0.5, 0.6) is 0 Å². The topological polar surface area (TPSA) is 61.9 Å². The monoisotopic (exact) mass is 234 g/mol. The number of hydrogen-bond acceptors (Lipinski definition) is 4. The van der Waals surface area contributed by atoms with Gasteiger partial charge in [0.25, 0.3) is 5.56 Å². The maximum absolute atomic E-state index is 12.1. The van der Waals surface area contributed by atoms with Crippen molar-refractivity contribution < 1.29 is 0 Å². The van der Waals surface area contributed by atoms with E-state index in [2.05, 4.69) is 11.1 Å². The van der Waals surface area contributed by atoms with Crippen molar-refractivity contribution in [2.75, 3.05) is 18.0 Å². The zero-order valence-corrected chi connectivity index (χ0v) is 10.4. The summed E-state index contributed by atoms with van der Waals surface area (Å²) >= 11 is 0. The lowest BCUT2D eigenvalue weighted by atomic mass is 10.4. The van der Waals surface area contributed by atoms with Gasteiger partial charge in [-0.2, -0.15) is 5.26 Å². The van der Waals surface area contributed by atoms with E-state index in [9.17, 15) is 4.79 Å². The normalized spacial score (nSPS) is 9.94. The number of nitrogens with zero attached hydrogens (tertiary/aromatic N) is 4. The number of aryl methyl sites for hydroxylation is 1. The number of rotatable bonds is 6. The second-order valence-electron chi connectivity index (χ2n) is 3.74. The SMILES string of the molecule is CCCn1ccnc(N(CC)CCC#N)c1=O. The van der Waals surface area contributed by atoms with E-state index in [1.54, 1.807) is 17.0 Å². The van der Waals surface area contributed by atoms with E-state index in [1.807, 2.05) is 18.7 Å². The van der Waals surface area contributed by atoms with Crippen molar-refractivity contribution in [2.45, 2.75) is 33.2 Å². The molecule has 0 saturated heterocycles. The molecule has 0 amide bonds. The molecular formula is C12H18N4O. The van der Waals surface area contributed by atoms with Crippen LogP contribution in [0.15, 0.2) is 17.2 Å². The van der Waals surface area contributed by atoms with Crippen molar-refractivity contribution in [3.05, 3.63) is 22.7 Å². The molecular weight excluding hydrogens is 216 g/mol. The Morgan fingerprint density at radius 3 is 2.88 bits per heavy atom. The van der Waals surface area contributed by atoms with Crippen LogP contribution in [0, 0.1) is 11.3 Å². The van der Waals surface area contributed by atoms with Crippen molar-refractivity contribution in [3.8, 4) is 6.07 Å². The molecule has 0 spiro atoms. The molecule has 0 N–H and O–H groups in total. The Morgan fingerprint density at radius 2 is 2.29 bits per heavy atom. The van der Waals surface area contributed by atoms with Gasteiger partial charge in [-0.3, -0.25) is 4.79 Å². The smallest absolute Gasteiger partial charge is 0.293 e. The largest absolute Gasteiger partial charge is 0.351 e. The van der Waals surface area contributed by atoms with Gasteiger partial charge in [0.15, 0.2) is 5.82 Å². The van der Waals surface area contributed by atoms with Crippen LogP contribution in [0.2, 0.25) is 0 Å². The summed E-state index contributed by atoms with van der Waals surface area (Å²) < 4.78 is 1.66. The molecule has 1 rings (SSSR count). The molecule has 17 heavy (non-hydrogen) atoms. The third-order valence-corrected chi connectivity index (χ3v) is 2.53. The van der Waals surface area contributed by atoms with E-state index < -0.39 is 0 Å². The first-order valence-electron chi connectivity index (χ1n) is 5.91. The molecule has 0 atom stereocenters. The lowest BCUT2D eigenvalue weighted by Crippen LogP contribution is -2.33. The standard InChI is InChI=1S/C12H18N4O/c1-3-8-16-10-7-14-11(12(16)17)15(4-2)9-5-6-13/h7,10H,3-5,8-9H2,1-2H3. The van der Waals surface area contributed by atoms with Gasteiger partial charge in [0.2, 0.25) is 0 Å². The van der Waals surface area contributed by atoms with Gasteiger partial charge in [-0.25, -0.2) is 4.98 Å². The number of hydrogen-bond donors (Lipinski definition) is 0. The number of nitriles is 1. The fourth-order valence-electron chi connectivity index (χ4n) is 1.67. The molecule has 0 saturated carbocycles. The molecule has 5 heteroatoms. The van der Waals surface area contributed by atoms with E-state index in [0.29, 0.717) is 31.9 Å². The third-order valence-electron chi connectivity index (χ3n) is 2.53. The first-order chi connectivity index (χ1) is 8.24. The van der Waals surface area contributed by atoms with Crippen LogP contribution >= 0.6 is 0 Å². The van der Waals surface area contributed by atoms with Gasteiger partial charge in [-0.1, -0.05) is 6.92 Å². The van der Waals surface area contributed by atoms with Crippen LogP contribution in [0.1, 0.15) is 26.7 Å². The van der Waals surface area contributed by atoms with Gasteiger partial charge >= 0.3 is 0 Å². The van der Waals surface area contributed by atoms with E-state index in [-0.39, 0.29) is 5.56 Å². The summed E-state index contributed by atoms with van der Waals surface area (Å²) in [4.78, 5) is 18.1. The van der Waals surface area contributed by atoms with E-state index >= 15 is 0 Å². The summed E-state index contributed by atoms with van der Waals surface area (Å²) in [6.07, 6.45) is 4.65. The summed E-state index contributed by atoms with van der Waals surface area (Å²) in [5.74, 6) is 0.443.